The Morgan fingerprint density at radius 3 is 2.28 bits per heavy atom. The zero-order chi connectivity index (χ0) is 14.1. The van der Waals surface area contributed by atoms with Crippen LogP contribution in [0.3, 0.4) is 0 Å². The summed E-state index contributed by atoms with van der Waals surface area (Å²) in [6, 6.07) is 2.18. The Labute approximate surface area is 119 Å². The second-order valence-corrected chi connectivity index (χ2v) is 6.44. The van der Waals surface area contributed by atoms with Gasteiger partial charge in [0.25, 0.3) is 5.24 Å². The van der Waals surface area contributed by atoms with E-state index in [4.69, 9.17) is 23.2 Å². The van der Waals surface area contributed by atoms with Gasteiger partial charge in [-0.15, -0.1) is 0 Å². The summed E-state index contributed by atoms with van der Waals surface area (Å²) in [5.41, 5.74) is -0.849. The van der Waals surface area contributed by atoms with Crippen molar-refractivity contribution in [1.29, 1.82) is 0 Å². The third kappa shape index (κ3) is 3.70. The van der Waals surface area contributed by atoms with Crippen LogP contribution in [0.15, 0.2) is 17.0 Å². The molecule has 0 aromatic heterocycles. The monoisotopic (exact) mass is 308 g/mol. The van der Waals surface area contributed by atoms with Crippen LogP contribution in [-0.4, -0.2) is 10.4 Å². The molecule has 0 spiro atoms. The molecule has 0 unspecified atom stereocenters. The van der Waals surface area contributed by atoms with Crippen LogP contribution in [-0.2, 0) is 4.79 Å². The van der Waals surface area contributed by atoms with Crippen molar-refractivity contribution in [1.82, 2.24) is 0 Å². The lowest BCUT2D eigenvalue weighted by molar-refractivity contribution is -0.117. The van der Waals surface area contributed by atoms with Gasteiger partial charge in [0.2, 0.25) is 0 Å². The average molecular weight is 309 g/mol. The van der Waals surface area contributed by atoms with Crippen LogP contribution >= 0.6 is 35.0 Å². The number of benzene rings is 1. The van der Waals surface area contributed by atoms with Gasteiger partial charge >= 0.3 is 0 Å². The van der Waals surface area contributed by atoms with E-state index < -0.39 is 16.5 Å². The quantitative estimate of drug-likeness (QED) is 0.595. The molecule has 0 atom stereocenters. The molecule has 0 N–H and O–H groups in total. The second kappa shape index (κ2) is 5.59. The van der Waals surface area contributed by atoms with Gasteiger partial charge in [0.1, 0.15) is 5.82 Å². The molecule has 0 aliphatic heterocycles. The molecule has 0 saturated heterocycles. The summed E-state index contributed by atoms with van der Waals surface area (Å²) in [7, 11) is 0. The molecule has 1 rings (SSSR count). The van der Waals surface area contributed by atoms with Crippen molar-refractivity contribution in [3.05, 3.63) is 28.5 Å². The Hall–Kier alpha value is -0.580. The molecule has 0 saturated carbocycles. The molecule has 0 bridgehead atoms. The van der Waals surface area contributed by atoms with Gasteiger partial charge in [-0.05, 0) is 35.5 Å². The molecule has 6 heteroatoms. The summed E-state index contributed by atoms with van der Waals surface area (Å²) in [6.45, 7) is 5.27. The fourth-order valence-electron chi connectivity index (χ4n) is 1.01. The maximum atomic E-state index is 13.4. The number of hydrogen-bond acceptors (Lipinski definition) is 3. The van der Waals surface area contributed by atoms with Gasteiger partial charge in [0, 0.05) is 10.3 Å². The van der Waals surface area contributed by atoms with Crippen molar-refractivity contribution < 1.29 is 14.0 Å². The summed E-state index contributed by atoms with van der Waals surface area (Å²) in [4.78, 5) is 23.2. The van der Waals surface area contributed by atoms with Crippen molar-refractivity contribution in [2.45, 2.75) is 25.7 Å². The van der Waals surface area contributed by atoms with E-state index in [1.165, 1.54) is 6.07 Å². The normalized spacial score (nSPS) is 11.4. The molecular weight excluding hydrogens is 298 g/mol. The smallest absolute Gasteiger partial charge is 0.255 e. The fraction of sp³-hybridized carbons (Fsp3) is 0.333. The van der Waals surface area contributed by atoms with Gasteiger partial charge in [-0.2, -0.15) is 0 Å². The maximum Gasteiger partial charge on any atom is 0.255 e. The molecule has 0 heterocycles. The number of thioether (sulfide) groups is 1. The molecule has 1 aromatic rings. The van der Waals surface area contributed by atoms with Crippen LogP contribution in [0.4, 0.5) is 4.39 Å². The Morgan fingerprint density at radius 2 is 1.83 bits per heavy atom. The fourth-order valence-corrected chi connectivity index (χ4v) is 2.26. The number of halogens is 3. The summed E-state index contributed by atoms with van der Waals surface area (Å²) in [5.74, 6) is -0.799. The molecular formula is C12H11Cl2FO2S. The van der Waals surface area contributed by atoms with E-state index >= 15 is 0 Å². The van der Waals surface area contributed by atoms with Crippen LogP contribution in [0.25, 0.3) is 0 Å². The van der Waals surface area contributed by atoms with Gasteiger partial charge < -0.3 is 0 Å². The Morgan fingerprint density at radius 1 is 1.28 bits per heavy atom. The zero-order valence-electron chi connectivity index (χ0n) is 10.0. The van der Waals surface area contributed by atoms with E-state index in [0.717, 1.165) is 17.8 Å². The number of carbonyl (C=O) groups excluding carboxylic acids is 2. The van der Waals surface area contributed by atoms with Crippen LogP contribution in [0.5, 0.6) is 0 Å². The first-order valence-corrected chi connectivity index (χ1v) is 6.61. The van der Waals surface area contributed by atoms with Gasteiger partial charge in [0.15, 0.2) is 5.12 Å². The van der Waals surface area contributed by atoms with Gasteiger partial charge in [0.05, 0.1) is 10.6 Å². The number of hydrogen-bond donors (Lipinski definition) is 0. The first kappa shape index (κ1) is 15.5. The van der Waals surface area contributed by atoms with Crippen molar-refractivity contribution in [2.75, 3.05) is 0 Å². The molecule has 18 heavy (non-hydrogen) atoms. The second-order valence-electron chi connectivity index (χ2n) is 4.68. The van der Waals surface area contributed by atoms with Crippen molar-refractivity contribution >= 4 is 45.3 Å². The standard InChI is InChI=1S/C12H11Cl2FO2S/c1-12(2,3)11(17)18-9-4-6(10(14)16)8(15)5-7(9)13/h4-5H,1-3H3. The van der Waals surface area contributed by atoms with E-state index in [0.29, 0.717) is 4.90 Å². The number of carbonyl (C=O) groups is 2. The third-order valence-electron chi connectivity index (χ3n) is 2.05. The summed E-state index contributed by atoms with van der Waals surface area (Å²) in [5, 5.41) is -0.977. The molecule has 0 aliphatic carbocycles. The zero-order valence-corrected chi connectivity index (χ0v) is 12.3. The Bertz CT molecular complexity index is 510. The first-order valence-electron chi connectivity index (χ1n) is 5.04. The highest BCUT2D eigenvalue weighted by molar-refractivity contribution is 8.13. The van der Waals surface area contributed by atoms with Crippen molar-refractivity contribution in [3.63, 3.8) is 0 Å². The molecule has 0 radical (unpaired) electrons. The van der Waals surface area contributed by atoms with Crippen LogP contribution in [0.1, 0.15) is 31.1 Å². The lowest BCUT2D eigenvalue weighted by Gasteiger charge is -2.16. The lowest BCUT2D eigenvalue weighted by atomic mass is 10.00. The van der Waals surface area contributed by atoms with E-state index in [1.807, 2.05) is 0 Å². The Kier molecular flexibility index (Phi) is 4.81. The third-order valence-corrected chi connectivity index (χ3v) is 4.03. The molecule has 0 aliphatic rings. The van der Waals surface area contributed by atoms with E-state index in [1.54, 1.807) is 20.8 Å². The van der Waals surface area contributed by atoms with Gasteiger partial charge in [-0.1, -0.05) is 32.4 Å². The SMILES string of the molecule is CC(C)(C)C(=O)Sc1cc(C(=O)Cl)c(F)cc1Cl. The van der Waals surface area contributed by atoms with Crippen LogP contribution in [0, 0.1) is 11.2 Å². The predicted molar refractivity (Wildman–Crippen MR) is 71.9 cm³/mol. The summed E-state index contributed by atoms with van der Waals surface area (Å²) < 4.78 is 13.4. The molecule has 1 aromatic carbocycles. The van der Waals surface area contributed by atoms with Crippen LogP contribution in [0.2, 0.25) is 5.02 Å². The highest BCUT2D eigenvalue weighted by atomic mass is 35.5. The summed E-state index contributed by atoms with van der Waals surface area (Å²) >= 11 is 11.9. The average Bonchev–Trinajstić information content (AvgIpc) is 2.19. The van der Waals surface area contributed by atoms with Crippen molar-refractivity contribution in [3.8, 4) is 0 Å². The predicted octanol–water partition coefficient (Wildman–Crippen LogP) is 4.52. The minimum absolute atomic E-state index is 0.0803. The molecule has 2 nitrogen and oxygen atoms in total. The molecule has 0 amide bonds. The molecule has 98 valence electrons. The largest absolute Gasteiger partial charge is 0.286 e. The van der Waals surface area contributed by atoms with Gasteiger partial charge in [-0.3, -0.25) is 9.59 Å². The molecule has 0 fully saturated rings. The topological polar surface area (TPSA) is 34.1 Å². The maximum absolute atomic E-state index is 13.4. The van der Waals surface area contributed by atoms with E-state index in [2.05, 4.69) is 0 Å². The van der Waals surface area contributed by atoms with Crippen LogP contribution < -0.4 is 0 Å². The highest BCUT2D eigenvalue weighted by Crippen LogP contribution is 2.35. The summed E-state index contributed by atoms with van der Waals surface area (Å²) in [6.07, 6.45) is 0. The highest BCUT2D eigenvalue weighted by Gasteiger charge is 2.24. The first-order chi connectivity index (χ1) is 8.12. The number of rotatable bonds is 2. The van der Waals surface area contributed by atoms with Gasteiger partial charge in [-0.25, -0.2) is 4.39 Å². The van der Waals surface area contributed by atoms with E-state index in [9.17, 15) is 14.0 Å². The lowest BCUT2D eigenvalue weighted by Crippen LogP contribution is -2.16. The minimum atomic E-state index is -0.922. The van der Waals surface area contributed by atoms with E-state index in [-0.39, 0.29) is 15.7 Å². The van der Waals surface area contributed by atoms with Crippen molar-refractivity contribution in [2.24, 2.45) is 5.41 Å². The Balaban J connectivity index is 3.14. The minimum Gasteiger partial charge on any atom is -0.286 e.